The largest absolute Gasteiger partial charge is 0.481 e. The third-order valence-corrected chi connectivity index (χ3v) is 5.24. The van der Waals surface area contributed by atoms with Gasteiger partial charge < -0.3 is 48.5 Å². The van der Waals surface area contributed by atoms with Crippen LogP contribution in [-0.2, 0) is 24.0 Å². The molecule has 0 aromatic carbocycles. The molecule has 35 heavy (non-hydrogen) atoms. The van der Waals surface area contributed by atoms with Crippen molar-refractivity contribution in [2.45, 2.75) is 88.6 Å². The van der Waals surface area contributed by atoms with Gasteiger partial charge in [0.25, 0.3) is 0 Å². The molecule has 0 rings (SSSR count). The summed E-state index contributed by atoms with van der Waals surface area (Å²) < 4.78 is 0. The number of nitrogens with one attached hydrogen (secondary N) is 3. The number of carboxylic acid groups (broad SMARTS) is 2. The smallest absolute Gasteiger partial charge is 0.326 e. The van der Waals surface area contributed by atoms with E-state index in [1.54, 1.807) is 0 Å². The lowest BCUT2D eigenvalue weighted by Gasteiger charge is -2.25. The van der Waals surface area contributed by atoms with E-state index in [4.69, 9.17) is 22.3 Å². The predicted octanol–water partition coefficient (Wildman–Crippen LogP) is -2.64. The van der Waals surface area contributed by atoms with E-state index in [2.05, 4.69) is 16.0 Å². The first kappa shape index (κ1) is 32.2. The number of hydrogen-bond acceptors (Lipinski definition) is 9. The first-order valence-electron chi connectivity index (χ1n) is 11.6. The summed E-state index contributed by atoms with van der Waals surface area (Å²) >= 11 is 0. The first-order chi connectivity index (χ1) is 16.4. The number of carbonyl (C=O) groups excluding carboxylic acids is 3. The molecule has 0 heterocycles. The van der Waals surface area contributed by atoms with Gasteiger partial charge in [0, 0.05) is 6.42 Å². The molecule has 202 valence electrons. The summed E-state index contributed by atoms with van der Waals surface area (Å²) in [6.07, 6.45) is 0.343. The van der Waals surface area contributed by atoms with E-state index in [1.165, 1.54) is 6.92 Å². The van der Waals surface area contributed by atoms with Crippen molar-refractivity contribution in [3.63, 3.8) is 0 Å². The van der Waals surface area contributed by atoms with Crippen LogP contribution in [0.25, 0.3) is 0 Å². The van der Waals surface area contributed by atoms with Gasteiger partial charge in [0.1, 0.15) is 24.2 Å². The van der Waals surface area contributed by atoms with Gasteiger partial charge in [-0.2, -0.15) is 0 Å². The molecule has 12 N–H and O–H groups in total. The van der Waals surface area contributed by atoms with Crippen LogP contribution in [0.4, 0.5) is 0 Å². The molecule has 0 saturated carbocycles. The molecule has 0 radical (unpaired) electrons. The van der Waals surface area contributed by atoms with Gasteiger partial charge in [-0.3, -0.25) is 19.2 Å². The maximum atomic E-state index is 12.9. The second-order valence-electron chi connectivity index (χ2n) is 8.29. The molecule has 3 amide bonds. The summed E-state index contributed by atoms with van der Waals surface area (Å²) in [5.41, 5.74) is 16.5. The van der Waals surface area contributed by atoms with E-state index in [9.17, 15) is 34.2 Å². The molecule has 0 aromatic rings. The van der Waals surface area contributed by atoms with Crippen molar-refractivity contribution >= 4 is 29.7 Å². The SMILES string of the molecule is CC(O)C(N)C(=O)NC(CCC(=O)O)C(=O)NC(CCCCN)C(=O)NC(CCCCN)C(=O)O. The van der Waals surface area contributed by atoms with Crippen LogP contribution in [0.1, 0.15) is 58.3 Å². The Morgan fingerprint density at radius 2 is 1.14 bits per heavy atom. The van der Waals surface area contributed by atoms with Crippen molar-refractivity contribution in [2.24, 2.45) is 17.2 Å². The molecule has 0 aliphatic carbocycles. The zero-order valence-corrected chi connectivity index (χ0v) is 20.1. The Morgan fingerprint density at radius 1 is 0.714 bits per heavy atom. The highest BCUT2D eigenvalue weighted by atomic mass is 16.4. The summed E-state index contributed by atoms with van der Waals surface area (Å²) in [4.78, 5) is 60.5. The Hall–Kier alpha value is -2.81. The van der Waals surface area contributed by atoms with E-state index < -0.39 is 66.4 Å². The molecular weight excluding hydrogens is 464 g/mol. The Bertz CT molecular complexity index is 705. The number of amides is 3. The molecule has 0 saturated heterocycles. The van der Waals surface area contributed by atoms with Gasteiger partial charge in [-0.15, -0.1) is 0 Å². The highest BCUT2D eigenvalue weighted by Gasteiger charge is 2.31. The van der Waals surface area contributed by atoms with Gasteiger partial charge in [0.15, 0.2) is 0 Å². The van der Waals surface area contributed by atoms with Gasteiger partial charge in [-0.1, -0.05) is 0 Å². The minimum Gasteiger partial charge on any atom is -0.481 e. The lowest BCUT2D eigenvalue weighted by molar-refractivity contribution is -0.142. The second kappa shape index (κ2) is 17.6. The third kappa shape index (κ3) is 13.6. The summed E-state index contributed by atoms with van der Waals surface area (Å²) in [6, 6.07) is -5.05. The van der Waals surface area contributed by atoms with E-state index in [0.717, 1.165) is 0 Å². The quantitative estimate of drug-likeness (QED) is 0.0820. The van der Waals surface area contributed by atoms with Gasteiger partial charge in [0.2, 0.25) is 17.7 Å². The molecule has 5 unspecified atom stereocenters. The maximum Gasteiger partial charge on any atom is 0.326 e. The molecule has 5 atom stereocenters. The Labute approximate surface area is 204 Å². The monoisotopic (exact) mass is 504 g/mol. The lowest BCUT2D eigenvalue weighted by Crippen LogP contribution is -2.58. The van der Waals surface area contributed by atoms with E-state index in [-0.39, 0.29) is 19.3 Å². The molecule has 0 fully saturated rings. The standard InChI is InChI=1S/C21H40N6O8/c1-12(28)17(24)20(33)26-14(8-9-16(29)30)19(32)25-13(6-2-4-10-22)18(31)27-15(21(34)35)7-3-5-11-23/h12-15,17,28H,2-11,22-24H2,1H3,(H,25,32)(H,26,33)(H,27,31)(H,29,30)(H,34,35). The zero-order valence-electron chi connectivity index (χ0n) is 20.1. The second-order valence-corrected chi connectivity index (χ2v) is 8.29. The molecule has 0 aromatic heterocycles. The number of aliphatic carboxylic acids is 2. The van der Waals surface area contributed by atoms with Crippen molar-refractivity contribution in [1.82, 2.24) is 16.0 Å². The highest BCUT2D eigenvalue weighted by molar-refractivity contribution is 5.94. The van der Waals surface area contributed by atoms with Crippen LogP contribution < -0.4 is 33.2 Å². The number of carboxylic acids is 2. The first-order valence-corrected chi connectivity index (χ1v) is 11.6. The van der Waals surface area contributed by atoms with Gasteiger partial charge in [-0.05, 0) is 65.0 Å². The van der Waals surface area contributed by atoms with Crippen LogP contribution in [0.3, 0.4) is 0 Å². The zero-order chi connectivity index (χ0) is 27.0. The Kier molecular flexibility index (Phi) is 16.2. The Morgan fingerprint density at radius 3 is 1.57 bits per heavy atom. The number of rotatable bonds is 19. The maximum absolute atomic E-state index is 12.9. The van der Waals surface area contributed by atoms with Crippen molar-refractivity contribution < 1.29 is 39.3 Å². The molecular formula is C21H40N6O8. The van der Waals surface area contributed by atoms with Crippen molar-refractivity contribution in [3.8, 4) is 0 Å². The minimum atomic E-state index is -1.36. The van der Waals surface area contributed by atoms with Crippen molar-refractivity contribution in [1.29, 1.82) is 0 Å². The number of unbranched alkanes of at least 4 members (excludes halogenated alkanes) is 2. The fraction of sp³-hybridized carbons (Fsp3) is 0.762. The molecule has 14 heteroatoms. The van der Waals surface area contributed by atoms with Gasteiger partial charge >= 0.3 is 11.9 Å². The topological polar surface area (TPSA) is 260 Å². The lowest BCUT2D eigenvalue weighted by atomic mass is 10.0. The average Bonchev–Trinajstić information content (AvgIpc) is 2.79. The third-order valence-electron chi connectivity index (χ3n) is 5.24. The number of nitrogens with two attached hydrogens (primary N) is 3. The molecule has 0 bridgehead atoms. The van der Waals surface area contributed by atoms with Crippen LogP contribution in [0.5, 0.6) is 0 Å². The molecule has 14 nitrogen and oxygen atoms in total. The number of hydrogen-bond donors (Lipinski definition) is 9. The summed E-state index contributed by atoms with van der Waals surface area (Å²) in [5.74, 6) is -4.91. The molecule has 0 aliphatic heterocycles. The predicted molar refractivity (Wildman–Crippen MR) is 126 cm³/mol. The number of carbonyl (C=O) groups is 5. The highest BCUT2D eigenvalue weighted by Crippen LogP contribution is 2.07. The minimum absolute atomic E-state index is 0.136. The van der Waals surface area contributed by atoms with Gasteiger partial charge in [0.05, 0.1) is 6.10 Å². The summed E-state index contributed by atoms with van der Waals surface area (Å²) in [5, 5.41) is 35.1. The van der Waals surface area contributed by atoms with Gasteiger partial charge in [-0.25, -0.2) is 4.79 Å². The number of aliphatic hydroxyl groups is 1. The van der Waals surface area contributed by atoms with Crippen LogP contribution in [0.15, 0.2) is 0 Å². The fourth-order valence-corrected chi connectivity index (χ4v) is 3.08. The Balaban J connectivity index is 5.53. The molecule has 0 aliphatic rings. The molecule has 0 spiro atoms. The van der Waals surface area contributed by atoms with Crippen LogP contribution in [-0.4, -0.2) is 88.3 Å². The van der Waals surface area contributed by atoms with E-state index in [0.29, 0.717) is 38.8 Å². The van der Waals surface area contributed by atoms with Crippen LogP contribution in [0.2, 0.25) is 0 Å². The van der Waals surface area contributed by atoms with Crippen molar-refractivity contribution in [3.05, 3.63) is 0 Å². The number of aliphatic hydroxyl groups excluding tert-OH is 1. The van der Waals surface area contributed by atoms with Crippen molar-refractivity contribution in [2.75, 3.05) is 13.1 Å². The van der Waals surface area contributed by atoms with E-state index in [1.807, 2.05) is 0 Å². The van der Waals surface area contributed by atoms with Crippen LogP contribution >= 0.6 is 0 Å². The summed E-state index contributed by atoms with van der Waals surface area (Å²) in [7, 11) is 0. The average molecular weight is 505 g/mol. The fourth-order valence-electron chi connectivity index (χ4n) is 3.08. The normalized spacial score (nSPS) is 15.2. The summed E-state index contributed by atoms with van der Waals surface area (Å²) in [6.45, 7) is 1.99. The van der Waals surface area contributed by atoms with E-state index >= 15 is 0 Å². The van der Waals surface area contributed by atoms with Crippen LogP contribution in [0, 0.1) is 0 Å².